The number of ether oxygens (including phenoxy) is 1. The highest BCUT2D eigenvalue weighted by Crippen LogP contribution is 2.57. The molecule has 4 nitrogen and oxygen atoms in total. The second kappa shape index (κ2) is 3.70. The molecule has 0 aromatic heterocycles. The van der Waals surface area contributed by atoms with Crippen LogP contribution in [0.25, 0.3) is 0 Å². The molecule has 1 saturated carbocycles. The summed E-state index contributed by atoms with van der Waals surface area (Å²) in [7, 11) is 0. The Balaban J connectivity index is 2.07. The van der Waals surface area contributed by atoms with Gasteiger partial charge in [0.2, 0.25) is 5.79 Å². The number of allylic oxidation sites excluding steroid dienone is 1. The van der Waals surface area contributed by atoms with Crippen molar-refractivity contribution in [3.05, 3.63) is 23.3 Å². The molecule has 3 rings (SSSR count). The highest BCUT2D eigenvalue weighted by Gasteiger charge is 2.58. The number of hydrogen-bond donors (Lipinski definition) is 2. The van der Waals surface area contributed by atoms with Gasteiger partial charge in [-0.2, -0.15) is 0 Å². The van der Waals surface area contributed by atoms with Gasteiger partial charge in [-0.15, -0.1) is 0 Å². The van der Waals surface area contributed by atoms with Gasteiger partial charge >= 0.3 is 5.97 Å². The lowest BCUT2D eigenvalue weighted by Gasteiger charge is -2.51. The van der Waals surface area contributed by atoms with Crippen molar-refractivity contribution < 1.29 is 19.7 Å². The van der Waals surface area contributed by atoms with Gasteiger partial charge in [0.1, 0.15) is 0 Å². The van der Waals surface area contributed by atoms with Crippen LogP contribution >= 0.6 is 0 Å². The van der Waals surface area contributed by atoms with E-state index in [1.165, 1.54) is 6.08 Å². The highest BCUT2D eigenvalue weighted by atomic mass is 16.7. The Hall–Kier alpha value is -1.13. The van der Waals surface area contributed by atoms with Crippen molar-refractivity contribution in [2.75, 3.05) is 0 Å². The van der Waals surface area contributed by atoms with Gasteiger partial charge in [-0.3, -0.25) is 0 Å². The third-order valence-electron chi connectivity index (χ3n) is 5.08. The van der Waals surface area contributed by atoms with Crippen molar-refractivity contribution in [3.63, 3.8) is 0 Å². The molecule has 0 aromatic carbocycles. The average Bonchev–Trinajstić information content (AvgIpc) is 2.58. The fourth-order valence-corrected chi connectivity index (χ4v) is 4.04. The molecule has 0 spiro atoms. The Morgan fingerprint density at radius 2 is 2.11 bits per heavy atom. The van der Waals surface area contributed by atoms with E-state index in [9.17, 15) is 15.0 Å². The highest BCUT2D eigenvalue weighted by molar-refractivity contribution is 5.87. The summed E-state index contributed by atoms with van der Waals surface area (Å²) in [6.07, 6.45) is 4.09. The van der Waals surface area contributed by atoms with E-state index < -0.39 is 17.9 Å². The van der Waals surface area contributed by atoms with Crippen LogP contribution in [0.1, 0.15) is 33.6 Å². The smallest absolute Gasteiger partial charge is 0.333 e. The lowest BCUT2D eigenvalue weighted by atomic mass is 9.55. The molecule has 3 aliphatic rings. The van der Waals surface area contributed by atoms with Gasteiger partial charge in [0.25, 0.3) is 0 Å². The van der Waals surface area contributed by atoms with Crippen LogP contribution < -0.4 is 0 Å². The minimum absolute atomic E-state index is 0.131. The molecular formula is C15H20O4. The maximum absolute atomic E-state index is 11.5. The van der Waals surface area contributed by atoms with E-state index in [0.29, 0.717) is 18.4 Å². The van der Waals surface area contributed by atoms with Gasteiger partial charge in [-0.05, 0) is 36.2 Å². The zero-order valence-corrected chi connectivity index (χ0v) is 11.5. The SMILES string of the molecule is CC1=C[C@@H]2C[C@]3(O)OC(=O)C=C3C(C)(C)[C@@H]2CC1O. The summed E-state index contributed by atoms with van der Waals surface area (Å²) in [5, 5.41) is 20.7. The molecule has 0 aromatic rings. The second-order valence-electron chi connectivity index (χ2n) is 6.62. The number of rotatable bonds is 0. The standard InChI is InChI=1S/C15H20O4/c1-8-4-9-7-15(18)12(6-13(17)19-15)14(2,3)10(9)5-11(8)16/h4,6,9-11,16,18H,5,7H2,1-3H3/t9-,10-,11?,15+/m1/s1. The van der Waals surface area contributed by atoms with Crippen LogP contribution in [0.2, 0.25) is 0 Å². The number of hydrogen-bond acceptors (Lipinski definition) is 4. The van der Waals surface area contributed by atoms with Gasteiger partial charge in [0.15, 0.2) is 0 Å². The Bertz CT molecular complexity index is 502. The number of fused-ring (bicyclic) bond motifs is 2. The van der Waals surface area contributed by atoms with Crippen LogP contribution in [0, 0.1) is 17.3 Å². The van der Waals surface area contributed by atoms with E-state index in [-0.39, 0.29) is 17.3 Å². The van der Waals surface area contributed by atoms with Gasteiger partial charge < -0.3 is 14.9 Å². The van der Waals surface area contributed by atoms with Gasteiger partial charge in [-0.1, -0.05) is 19.9 Å². The molecule has 0 amide bonds. The first kappa shape index (κ1) is 12.9. The fraction of sp³-hybridized carbons (Fsp3) is 0.667. The lowest BCUT2D eigenvalue weighted by molar-refractivity contribution is -0.202. The van der Waals surface area contributed by atoms with Crippen LogP contribution in [-0.4, -0.2) is 28.1 Å². The van der Waals surface area contributed by atoms with Crippen LogP contribution in [0.4, 0.5) is 0 Å². The first-order valence-electron chi connectivity index (χ1n) is 6.78. The monoisotopic (exact) mass is 264 g/mol. The van der Waals surface area contributed by atoms with Gasteiger partial charge in [0.05, 0.1) is 6.10 Å². The summed E-state index contributed by atoms with van der Waals surface area (Å²) in [6.45, 7) is 5.94. The lowest BCUT2D eigenvalue weighted by Crippen LogP contribution is -2.51. The quantitative estimate of drug-likeness (QED) is 0.514. The van der Waals surface area contributed by atoms with Gasteiger partial charge in [0, 0.05) is 18.1 Å². The fourth-order valence-electron chi connectivity index (χ4n) is 4.04. The summed E-state index contributed by atoms with van der Waals surface area (Å²) in [5.41, 5.74) is 1.24. The molecular weight excluding hydrogens is 244 g/mol. The number of esters is 1. The van der Waals surface area contributed by atoms with Crippen molar-refractivity contribution in [3.8, 4) is 0 Å². The molecule has 1 heterocycles. The first-order chi connectivity index (χ1) is 8.74. The van der Waals surface area contributed by atoms with Crippen molar-refractivity contribution in [2.45, 2.75) is 45.5 Å². The topological polar surface area (TPSA) is 66.8 Å². The van der Waals surface area contributed by atoms with Crippen LogP contribution in [0.3, 0.4) is 0 Å². The van der Waals surface area contributed by atoms with Crippen molar-refractivity contribution in [2.24, 2.45) is 17.3 Å². The van der Waals surface area contributed by atoms with Crippen molar-refractivity contribution >= 4 is 5.97 Å². The number of aliphatic hydroxyl groups excluding tert-OH is 1. The van der Waals surface area contributed by atoms with Crippen molar-refractivity contribution in [1.82, 2.24) is 0 Å². The van der Waals surface area contributed by atoms with Gasteiger partial charge in [-0.25, -0.2) is 4.79 Å². The Kier molecular flexibility index (Phi) is 2.51. The third kappa shape index (κ3) is 1.70. The summed E-state index contributed by atoms with van der Waals surface area (Å²) >= 11 is 0. The average molecular weight is 264 g/mol. The molecule has 1 fully saturated rings. The molecule has 2 aliphatic carbocycles. The molecule has 0 bridgehead atoms. The summed E-state index contributed by atoms with van der Waals surface area (Å²) in [4.78, 5) is 11.5. The van der Waals surface area contributed by atoms with Crippen LogP contribution in [-0.2, 0) is 9.53 Å². The first-order valence-corrected chi connectivity index (χ1v) is 6.78. The molecule has 1 unspecified atom stereocenters. The normalized spacial score (nSPS) is 43.8. The van der Waals surface area contributed by atoms with E-state index in [2.05, 4.69) is 0 Å². The molecule has 19 heavy (non-hydrogen) atoms. The minimum Gasteiger partial charge on any atom is -0.426 e. The zero-order chi connectivity index (χ0) is 14.0. The molecule has 1 aliphatic heterocycles. The van der Waals surface area contributed by atoms with E-state index in [4.69, 9.17) is 4.74 Å². The number of aliphatic hydroxyl groups is 2. The maximum atomic E-state index is 11.5. The summed E-state index contributed by atoms with van der Waals surface area (Å²) in [5.74, 6) is -1.58. The predicted molar refractivity (Wildman–Crippen MR) is 68.9 cm³/mol. The number of carbonyl (C=O) groups excluding carboxylic acids is 1. The van der Waals surface area contributed by atoms with E-state index in [0.717, 1.165) is 5.57 Å². The van der Waals surface area contributed by atoms with Crippen LogP contribution in [0.5, 0.6) is 0 Å². The predicted octanol–water partition coefficient (Wildman–Crippen LogP) is 1.53. The largest absolute Gasteiger partial charge is 0.426 e. The van der Waals surface area contributed by atoms with Crippen molar-refractivity contribution in [1.29, 1.82) is 0 Å². The maximum Gasteiger partial charge on any atom is 0.333 e. The zero-order valence-electron chi connectivity index (χ0n) is 11.5. The Morgan fingerprint density at radius 1 is 1.42 bits per heavy atom. The summed E-state index contributed by atoms with van der Waals surface area (Å²) < 4.78 is 5.13. The Morgan fingerprint density at radius 3 is 2.79 bits per heavy atom. The molecule has 4 heteroatoms. The third-order valence-corrected chi connectivity index (χ3v) is 5.08. The Labute approximate surface area is 112 Å². The van der Waals surface area contributed by atoms with E-state index in [1.54, 1.807) is 0 Å². The molecule has 104 valence electrons. The molecule has 0 radical (unpaired) electrons. The molecule has 2 N–H and O–H groups in total. The molecule has 0 saturated heterocycles. The van der Waals surface area contributed by atoms with E-state index >= 15 is 0 Å². The van der Waals surface area contributed by atoms with Crippen LogP contribution in [0.15, 0.2) is 23.3 Å². The summed E-state index contributed by atoms with van der Waals surface area (Å²) in [6, 6.07) is 0. The van der Waals surface area contributed by atoms with E-state index in [1.807, 2.05) is 26.8 Å². The molecule has 4 atom stereocenters. The second-order valence-corrected chi connectivity index (χ2v) is 6.62. The minimum atomic E-state index is -1.46. The number of carbonyl (C=O) groups is 1.